The van der Waals surface area contributed by atoms with Crippen LogP contribution in [-0.4, -0.2) is 54.1 Å². The predicted octanol–water partition coefficient (Wildman–Crippen LogP) is 1.40. The number of hydrogen-bond acceptors (Lipinski definition) is 5. The Kier molecular flexibility index (Phi) is 6.23. The lowest BCUT2D eigenvalue weighted by molar-refractivity contribution is -0.130. The zero-order chi connectivity index (χ0) is 17.7. The normalized spacial score (nSPS) is 15.0. The molecule has 0 aromatic heterocycles. The Balaban J connectivity index is 1.89. The molecule has 2 N–H and O–H groups in total. The quantitative estimate of drug-likeness (QED) is 0.800. The molecule has 7 heteroatoms. The second-order valence-corrected chi connectivity index (χ2v) is 8.29. The summed E-state index contributed by atoms with van der Waals surface area (Å²) < 4.78 is 23.4. The van der Waals surface area contributed by atoms with Gasteiger partial charge in [0.05, 0.1) is 10.8 Å². The minimum Gasteiger partial charge on any atom is -0.486 e. The lowest BCUT2D eigenvalue weighted by atomic mass is 9.93. The Bertz CT molecular complexity index is 619. The molecule has 1 amide bonds. The highest BCUT2D eigenvalue weighted by Crippen LogP contribution is 2.31. The maximum absolute atomic E-state index is 12.4. The number of fused-ring (bicyclic) bond motifs is 1. The highest BCUT2D eigenvalue weighted by molar-refractivity contribution is 7.85. The summed E-state index contributed by atoms with van der Waals surface area (Å²) in [6, 6.07) is 5.26. The molecular formula is C17H26N2O4S. The van der Waals surface area contributed by atoms with E-state index in [1.807, 2.05) is 13.8 Å². The van der Waals surface area contributed by atoms with Crippen LogP contribution in [0.1, 0.15) is 20.3 Å². The van der Waals surface area contributed by atoms with E-state index in [2.05, 4.69) is 0 Å². The van der Waals surface area contributed by atoms with Gasteiger partial charge in [-0.1, -0.05) is 13.8 Å². The zero-order valence-electron chi connectivity index (χ0n) is 14.5. The molecule has 1 atom stereocenters. The molecule has 24 heavy (non-hydrogen) atoms. The molecule has 0 saturated heterocycles. The number of rotatable bonds is 7. The second-order valence-electron chi connectivity index (χ2n) is 6.72. The van der Waals surface area contributed by atoms with E-state index in [0.717, 1.165) is 0 Å². The van der Waals surface area contributed by atoms with Gasteiger partial charge in [-0.25, -0.2) is 0 Å². The first-order valence-electron chi connectivity index (χ1n) is 8.04. The first-order valence-corrected chi connectivity index (χ1v) is 9.36. The Morgan fingerprint density at radius 1 is 1.29 bits per heavy atom. The summed E-state index contributed by atoms with van der Waals surface area (Å²) in [5.74, 6) is 1.54. The van der Waals surface area contributed by atoms with Gasteiger partial charge in [-0.15, -0.1) is 0 Å². The van der Waals surface area contributed by atoms with Crippen LogP contribution in [0.15, 0.2) is 23.1 Å². The molecule has 1 aliphatic heterocycles. The summed E-state index contributed by atoms with van der Waals surface area (Å²) in [4.78, 5) is 14.5. The van der Waals surface area contributed by atoms with Crippen LogP contribution in [0.25, 0.3) is 0 Å². The van der Waals surface area contributed by atoms with Crippen molar-refractivity contribution in [1.82, 2.24) is 4.90 Å². The molecule has 0 saturated carbocycles. The lowest BCUT2D eigenvalue weighted by Gasteiger charge is -2.29. The third kappa shape index (κ3) is 4.95. The maximum atomic E-state index is 12.4. The predicted molar refractivity (Wildman–Crippen MR) is 93.8 cm³/mol. The smallest absolute Gasteiger partial charge is 0.223 e. The summed E-state index contributed by atoms with van der Waals surface area (Å²) in [7, 11) is 0.505. The van der Waals surface area contributed by atoms with Crippen LogP contribution in [0, 0.1) is 5.41 Å². The van der Waals surface area contributed by atoms with Gasteiger partial charge in [-0.05, 0) is 24.1 Å². The number of carbonyl (C=O) groups excluding carboxylic acids is 1. The fourth-order valence-electron chi connectivity index (χ4n) is 2.45. The molecular weight excluding hydrogens is 328 g/mol. The molecule has 0 bridgehead atoms. The summed E-state index contributed by atoms with van der Waals surface area (Å²) in [6.07, 6.45) is 0.234. The number of hydrogen-bond donors (Lipinski definition) is 1. The van der Waals surface area contributed by atoms with Gasteiger partial charge in [0.25, 0.3) is 0 Å². The van der Waals surface area contributed by atoms with Crippen molar-refractivity contribution >= 4 is 16.7 Å². The number of carbonyl (C=O) groups is 1. The maximum Gasteiger partial charge on any atom is 0.223 e. The zero-order valence-corrected chi connectivity index (χ0v) is 15.4. The van der Waals surface area contributed by atoms with Gasteiger partial charge in [0.2, 0.25) is 5.91 Å². The van der Waals surface area contributed by atoms with E-state index < -0.39 is 10.8 Å². The van der Waals surface area contributed by atoms with Crippen molar-refractivity contribution in [3.05, 3.63) is 18.2 Å². The molecule has 0 spiro atoms. The second kappa shape index (κ2) is 7.98. The average molecular weight is 354 g/mol. The van der Waals surface area contributed by atoms with E-state index in [1.54, 1.807) is 30.1 Å². The van der Waals surface area contributed by atoms with Crippen LogP contribution in [0.2, 0.25) is 0 Å². The third-order valence-corrected chi connectivity index (χ3v) is 5.28. The van der Waals surface area contributed by atoms with E-state index in [0.29, 0.717) is 42.7 Å². The Morgan fingerprint density at radius 2 is 1.96 bits per heavy atom. The van der Waals surface area contributed by atoms with E-state index >= 15 is 0 Å². The first kappa shape index (κ1) is 18.7. The van der Waals surface area contributed by atoms with E-state index in [1.165, 1.54) is 0 Å². The van der Waals surface area contributed by atoms with Crippen molar-refractivity contribution in [2.75, 3.05) is 39.1 Å². The molecule has 0 radical (unpaired) electrons. The molecule has 0 aliphatic carbocycles. The number of ether oxygens (including phenoxy) is 2. The standard InChI is InChI=1S/C17H26N2O4S/c1-17(2,11-18)12-19(3)16(20)6-9-24(21)13-4-5-14-15(10-13)23-8-7-22-14/h4-5,10H,6-9,11-12,18H2,1-3H3. The summed E-state index contributed by atoms with van der Waals surface area (Å²) in [5, 5.41) is 0. The van der Waals surface area contributed by atoms with Crippen LogP contribution >= 0.6 is 0 Å². The minimum atomic E-state index is -1.25. The molecule has 1 unspecified atom stereocenters. The molecule has 1 heterocycles. The number of amides is 1. The molecule has 1 aromatic carbocycles. The van der Waals surface area contributed by atoms with Gasteiger partial charge < -0.3 is 20.1 Å². The highest BCUT2D eigenvalue weighted by Gasteiger charge is 2.22. The average Bonchev–Trinajstić information content (AvgIpc) is 2.58. The van der Waals surface area contributed by atoms with Gasteiger partial charge >= 0.3 is 0 Å². The van der Waals surface area contributed by atoms with Gasteiger partial charge in [0.1, 0.15) is 13.2 Å². The number of nitrogens with zero attached hydrogens (tertiary/aromatic N) is 1. The minimum absolute atomic E-state index is 0.0255. The van der Waals surface area contributed by atoms with Gasteiger partial charge in [0, 0.05) is 36.7 Å². The molecule has 134 valence electrons. The molecule has 2 rings (SSSR count). The first-order chi connectivity index (χ1) is 11.3. The fourth-order valence-corrected chi connectivity index (χ4v) is 3.50. The van der Waals surface area contributed by atoms with Crippen LogP contribution in [0.5, 0.6) is 11.5 Å². The Labute approximate surface area is 145 Å². The van der Waals surface area contributed by atoms with Gasteiger partial charge in [-0.3, -0.25) is 9.00 Å². The van der Waals surface area contributed by atoms with Crippen LogP contribution in [-0.2, 0) is 15.6 Å². The third-order valence-electron chi connectivity index (χ3n) is 3.92. The lowest BCUT2D eigenvalue weighted by Crippen LogP contribution is -2.40. The van der Waals surface area contributed by atoms with Crippen molar-refractivity contribution in [2.45, 2.75) is 25.2 Å². The van der Waals surface area contributed by atoms with Crippen molar-refractivity contribution in [3.8, 4) is 11.5 Å². The van der Waals surface area contributed by atoms with E-state index in [9.17, 15) is 9.00 Å². The SMILES string of the molecule is CN(CC(C)(C)CN)C(=O)CCS(=O)c1ccc2c(c1)OCCO2. The van der Waals surface area contributed by atoms with Crippen LogP contribution in [0.4, 0.5) is 0 Å². The largest absolute Gasteiger partial charge is 0.486 e. The topological polar surface area (TPSA) is 81.9 Å². The monoisotopic (exact) mass is 354 g/mol. The van der Waals surface area contributed by atoms with Crippen molar-refractivity contribution in [3.63, 3.8) is 0 Å². The van der Waals surface area contributed by atoms with Crippen LogP contribution in [0.3, 0.4) is 0 Å². The molecule has 0 fully saturated rings. The fraction of sp³-hybridized carbons (Fsp3) is 0.588. The van der Waals surface area contributed by atoms with Crippen molar-refractivity contribution < 1.29 is 18.5 Å². The van der Waals surface area contributed by atoms with Crippen LogP contribution < -0.4 is 15.2 Å². The summed E-state index contributed by atoms with van der Waals surface area (Å²) in [5.41, 5.74) is 5.57. The Morgan fingerprint density at radius 3 is 2.62 bits per heavy atom. The highest BCUT2D eigenvalue weighted by atomic mass is 32.2. The molecule has 1 aromatic rings. The summed E-state index contributed by atoms with van der Waals surface area (Å²) >= 11 is 0. The van der Waals surface area contributed by atoms with Crippen molar-refractivity contribution in [2.24, 2.45) is 11.1 Å². The van der Waals surface area contributed by atoms with E-state index in [-0.39, 0.29) is 23.5 Å². The van der Waals surface area contributed by atoms with E-state index in [4.69, 9.17) is 15.2 Å². The Hall–Kier alpha value is -1.60. The summed E-state index contributed by atoms with van der Waals surface area (Å²) in [6.45, 7) is 6.14. The molecule has 1 aliphatic rings. The molecule has 6 nitrogen and oxygen atoms in total. The van der Waals surface area contributed by atoms with Gasteiger partial charge in [-0.2, -0.15) is 0 Å². The van der Waals surface area contributed by atoms with Crippen molar-refractivity contribution in [1.29, 1.82) is 0 Å². The number of benzene rings is 1. The van der Waals surface area contributed by atoms with Gasteiger partial charge in [0.15, 0.2) is 11.5 Å². The number of nitrogens with two attached hydrogens (primary N) is 1.